The Morgan fingerprint density at radius 3 is 2.75 bits per heavy atom. The monoisotopic (exact) mass is 482 g/mol. The van der Waals surface area contributed by atoms with Gasteiger partial charge in [0.25, 0.3) is 5.91 Å². The van der Waals surface area contributed by atoms with Crippen LogP contribution in [0.15, 0.2) is 73.2 Å². The highest BCUT2D eigenvalue weighted by atomic mass is 19.1. The van der Waals surface area contributed by atoms with Crippen LogP contribution in [0.25, 0.3) is 27.8 Å². The maximum Gasteiger partial charge on any atom is 0.268 e. The number of nitriles is 1. The van der Waals surface area contributed by atoms with Gasteiger partial charge in [0.2, 0.25) is 0 Å². The number of aromatic hydroxyl groups is 1. The lowest BCUT2D eigenvalue weighted by atomic mass is 10.2. The summed E-state index contributed by atoms with van der Waals surface area (Å²) in [7, 11) is 0. The summed E-state index contributed by atoms with van der Waals surface area (Å²) in [6.07, 6.45) is 2.94. The highest BCUT2D eigenvalue weighted by molar-refractivity contribution is 6.07. The molecule has 5 rings (SSSR count). The first kappa shape index (κ1) is 22.5. The summed E-state index contributed by atoms with van der Waals surface area (Å²) in [5.74, 6) is -0.861. The molecule has 10 nitrogen and oxygen atoms in total. The van der Waals surface area contributed by atoms with Crippen LogP contribution >= 0.6 is 0 Å². The standard InChI is InChI=1S/C25H19FN8O2/c1-15(13-27)25(36)32(18-5-3-2-4-6-18)9-10-34-23-20(22(28)29-14-30-23)24(31-34)33-8-7-16-11-17(26)12-19(35)21(16)33/h2-8,11-12,14,35H,1,9-10H2,(H2,28,29,30). The molecule has 0 spiro atoms. The molecule has 3 heterocycles. The van der Waals surface area contributed by atoms with Gasteiger partial charge in [-0.3, -0.25) is 9.36 Å². The molecule has 0 aliphatic rings. The predicted octanol–water partition coefficient (Wildman–Crippen LogP) is 3.31. The molecule has 0 unspecified atom stereocenters. The number of phenols is 1. The molecule has 5 aromatic rings. The van der Waals surface area contributed by atoms with E-state index < -0.39 is 11.7 Å². The number of rotatable bonds is 6. The van der Waals surface area contributed by atoms with Crippen LogP contribution in [0, 0.1) is 17.1 Å². The molecular formula is C25H19FN8O2. The minimum absolute atomic E-state index is 0.145. The van der Waals surface area contributed by atoms with E-state index in [4.69, 9.17) is 5.73 Å². The third kappa shape index (κ3) is 3.76. The number of nitrogen functional groups attached to an aromatic ring is 1. The normalized spacial score (nSPS) is 11.0. The lowest BCUT2D eigenvalue weighted by Crippen LogP contribution is -2.34. The molecule has 36 heavy (non-hydrogen) atoms. The van der Waals surface area contributed by atoms with E-state index in [0.717, 1.165) is 6.07 Å². The van der Waals surface area contributed by atoms with Crippen molar-refractivity contribution >= 4 is 39.3 Å². The maximum atomic E-state index is 13.8. The molecule has 0 fully saturated rings. The summed E-state index contributed by atoms with van der Waals surface area (Å²) in [6, 6.07) is 14.7. The molecule has 0 saturated heterocycles. The fraction of sp³-hybridized carbons (Fsp3) is 0.0800. The van der Waals surface area contributed by atoms with Gasteiger partial charge in [0.05, 0.1) is 12.1 Å². The highest BCUT2D eigenvalue weighted by Crippen LogP contribution is 2.33. The van der Waals surface area contributed by atoms with Crippen molar-refractivity contribution in [2.24, 2.45) is 0 Å². The summed E-state index contributed by atoms with van der Waals surface area (Å²) in [5.41, 5.74) is 7.33. The number of fused-ring (bicyclic) bond motifs is 2. The van der Waals surface area contributed by atoms with E-state index in [1.807, 2.05) is 6.07 Å². The topological polar surface area (TPSA) is 139 Å². The van der Waals surface area contributed by atoms with E-state index in [2.05, 4.69) is 21.6 Å². The average molecular weight is 482 g/mol. The van der Waals surface area contributed by atoms with Gasteiger partial charge < -0.3 is 15.7 Å². The van der Waals surface area contributed by atoms with Crippen LogP contribution in [0.5, 0.6) is 5.75 Å². The first-order valence-electron chi connectivity index (χ1n) is 10.8. The van der Waals surface area contributed by atoms with Crippen LogP contribution in [-0.2, 0) is 11.3 Å². The molecule has 0 aliphatic carbocycles. The van der Waals surface area contributed by atoms with Crippen molar-refractivity contribution < 1.29 is 14.3 Å². The van der Waals surface area contributed by atoms with Gasteiger partial charge in [-0.25, -0.2) is 19.0 Å². The summed E-state index contributed by atoms with van der Waals surface area (Å²) >= 11 is 0. The minimum Gasteiger partial charge on any atom is -0.506 e. The van der Waals surface area contributed by atoms with Crippen LogP contribution in [0.4, 0.5) is 15.9 Å². The second-order valence-corrected chi connectivity index (χ2v) is 7.94. The van der Waals surface area contributed by atoms with Crippen molar-refractivity contribution in [3.63, 3.8) is 0 Å². The van der Waals surface area contributed by atoms with Gasteiger partial charge in [0.15, 0.2) is 11.5 Å². The van der Waals surface area contributed by atoms with Gasteiger partial charge in [0.1, 0.15) is 40.7 Å². The van der Waals surface area contributed by atoms with E-state index in [0.29, 0.717) is 33.4 Å². The second-order valence-electron chi connectivity index (χ2n) is 7.94. The lowest BCUT2D eigenvalue weighted by molar-refractivity contribution is -0.114. The summed E-state index contributed by atoms with van der Waals surface area (Å²) < 4.78 is 17.0. The van der Waals surface area contributed by atoms with Crippen molar-refractivity contribution in [3.8, 4) is 17.6 Å². The quantitative estimate of drug-likeness (QED) is 0.280. The average Bonchev–Trinajstić information content (AvgIpc) is 3.46. The van der Waals surface area contributed by atoms with Gasteiger partial charge in [-0.15, -0.1) is 0 Å². The number of halogens is 1. The minimum atomic E-state index is -0.569. The Balaban J connectivity index is 1.59. The zero-order chi connectivity index (χ0) is 25.4. The fourth-order valence-electron chi connectivity index (χ4n) is 4.10. The van der Waals surface area contributed by atoms with Gasteiger partial charge >= 0.3 is 0 Å². The summed E-state index contributed by atoms with van der Waals surface area (Å²) in [5, 5.41) is 25.2. The van der Waals surface area contributed by atoms with Crippen molar-refractivity contribution in [3.05, 3.63) is 79.0 Å². The number of hydrogen-bond donors (Lipinski definition) is 2. The zero-order valence-electron chi connectivity index (χ0n) is 18.8. The molecule has 3 aromatic heterocycles. The summed E-state index contributed by atoms with van der Waals surface area (Å²) in [6.45, 7) is 3.88. The number of aromatic nitrogens is 5. The van der Waals surface area contributed by atoms with E-state index in [9.17, 15) is 19.6 Å². The van der Waals surface area contributed by atoms with E-state index >= 15 is 0 Å². The number of nitrogens with zero attached hydrogens (tertiary/aromatic N) is 7. The number of amides is 1. The van der Waals surface area contributed by atoms with E-state index in [1.54, 1.807) is 51.8 Å². The number of carbonyl (C=O) groups is 1. The first-order valence-corrected chi connectivity index (χ1v) is 10.8. The number of nitrogens with two attached hydrogens (primary N) is 1. The van der Waals surface area contributed by atoms with Crippen molar-refractivity contribution in [1.29, 1.82) is 5.26 Å². The highest BCUT2D eigenvalue weighted by Gasteiger charge is 2.22. The van der Waals surface area contributed by atoms with Crippen molar-refractivity contribution in [1.82, 2.24) is 24.3 Å². The Bertz CT molecular complexity index is 1680. The molecule has 178 valence electrons. The SMILES string of the molecule is C=C(C#N)C(=O)N(CCn1nc(-n2ccc3cc(F)cc(O)c32)c2c(N)ncnc21)c1ccccc1. The Hall–Kier alpha value is -5.24. The zero-order valence-corrected chi connectivity index (χ0v) is 18.8. The Labute approximate surface area is 203 Å². The van der Waals surface area contributed by atoms with Crippen LogP contribution in [0.2, 0.25) is 0 Å². The van der Waals surface area contributed by atoms with Crippen LogP contribution in [0.3, 0.4) is 0 Å². The van der Waals surface area contributed by atoms with Crippen LogP contribution < -0.4 is 10.6 Å². The van der Waals surface area contributed by atoms with Crippen molar-refractivity contribution in [2.45, 2.75) is 6.54 Å². The van der Waals surface area contributed by atoms with Gasteiger partial charge in [-0.05, 0) is 24.3 Å². The Morgan fingerprint density at radius 2 is 2.00 bits per heavy atom. The Morgan fingerprint density at radius 1 is 1.22 bits per heavy atom. The smallest absolute Gasteiger partial charge is 0.268 e. The maximum absolute atomic E-state index is 13.8. The number of phenolic OH excluding ortho intramolecular Hbond substituents is 1. The van der Waals surface area contributed by atoms with Crippen LogP contribution in [0.1, 0.15) is 0 Å². The first-order chi connectivity index (χ1) is 17.4. The predicted molar refractivity (Wildman–Crippen MR) is 132 cm³/mol. The molecule has 3 N–H and O–H groups in total. The largest absolute Gasteiger partial charge is 0.506 e. The van der Waals surface area contributed by atoms with E-state index in [1.165, 1.54) is 17.3 Å². The number of anilines is 2. The molecular weight excluding hydrogens is 463 g/mol. The molecule has 1 amide bonds. The molecule has 0 bridgehead atoms. The third-order valence-electron chi connectivity index (χ3n) is 5.74. The number of benzene rings is 2. The number of para-hydroxylation sites is 1. The molecule has 0 radical (unpaired) electrons. The van der Waals surface area contributed by atoms with Crippen molar-refractivity contribution in [2.75, 3.05) is 17.2 Å². The third-order valence-corrected chi connectivity index (χ3v) is 5.74. The molecule has 0 atom stereocenters. The van der Waals surface area contributed by atoms with Gasteiger partial charge in [-0.1, -0.05) is 24.8 Å². The summed E-state index contributed by atoms with van der Waals surface area (Å²) in [4.78, 5) is 22.7. The van der Waals surface area contributed by atoms with Gasteiger partial charge in [-0.2, -0.15) is 10.4 Å². The Kier molecular flexibility index (Phi) is 5.54. The van der Waals surface area contributed by atoms with Crippen LogP contribution in [-0.4, -0.2) is 41.9 Å². The molecule has 11 heteroatoms. The molecule has 0 saturated carbocycles. The van der Waals surface area contributed by atoms with E-state index in [-0.39, 0.29) is 30.2 Å². The lowest BCUT2D eigenvalue weighted by Gasteiger charge is -2.22. The van der Waals surface area contributed by atoms with Gasteiger partial charge in [0, 0.05) is 29.9 Å². The number of carbonyl (C=O) groups excluding carboxylic acids is 1. The fourth-order valence-corrected chi connectivity index (χ4v) is 4.10. The second kappa shape index (κ2) is 8.84. The molecule has 0 aliphatic heterocycles. The molecule has 2 aromatic carbocycles. The number of hydrogen-bond acceptors (Lipinski definition) is 7.